The van der Waals surface area contributed by atoms with Crippen LogP contribution in [0.5, 0.6) is 0 Å². The molecule has 0 spiro atoms. The standard InChI is InChI=1S/C19H20F3N3O3S/c1-2-15-23-24-18(28-15)29-11-16(26)25-9-3-4-13(10-25)17(27)12-5-7-14(8-6-12)19(20,21)22/h5-8,13H,2-4,9-11H2,1H3. The number of halogens is 3. The van der Waals surface area contributed by atoms with Gasteiger partial charge in [-0.15, -0.1) is 10.2 Å². The Bertz CT molecular complexity index is 868. The first-order valence-electron chi connectivity index (χ1n) is 9.22. The predicted octanol–water partition coefficient (Wildman–Crippen LogP) is 3.86. The maximum Gasteiger partial charge on any atom is 0.416 e. The summed E-state index contributed by atoms with van der Waals surface area (Å²) in [6.45, 7) is 2.68. The van der Waals surface area contributed by atoms with E-state index in [1.165, 1.54) is 12.1 Å². The van der Waals surface area contributed by atoms with Crippen LogP contribution in [-0.4, -0.2) is 45.6 Å². The zero-order valence-electron chi connectivity index (χ0n) is 15.7. The Hall–Kier alpha value is -2.36. The summed E-state index contributed by atoms with van der Waals surface area (Å²) < 4.78 is 43.4. The second-order valence-corrected chi connectivity index (χ2v) is 7.65. The minimum Gasteiger partial charge on any atom is -0.416 e. The van der Waals surface area contributed by atoms with Crippen molar-refractivity contribution < 1.29 is 27.2 Å². The summed E-state index contributed by atoms with van der Waals surface area (Å²) in [7, 11) is 0. The van der Waals surface area contributed by atoms with E-state index >= 15 is 0 Å². The number of Topliss-reactive ketones (excluding diaryl/α,β-unsaturated/α-hetero) is 1. The average Bonchev–Trinajstić information content (AvgIpc) is 3.19. The molecule has 156 valence electrons. The number of aryl methyl sites for hydroxylation is 1. The third-order valence-electron chi connectivity index (χ3n) is 4.71. The molecule has 1 aromatic heterocycles. The fraction of sp³-hybridized carbons (Fsp3) is 0.474. The van der Waals surface area contributed by atoms with Crippen molar-refractivity contribution in [3.63, 3.8) is 0 Å². The molecule has 1 aliphatic rings. The zero-order valence-corrected chi connectivity index (χ0v) is 16.6. The summed E-state index contributed by atoms with van der Waals surface area (Å²) in [4.78, 5) is 26.8. The number of ketones is 1. The van der Waals surface area contributed by atoms with Gasteiger partial charge in [0.25, 0.3) is 5.22 Å². The number of nitrogens with zero attached hydrogens (tertiary/aromatic N) is 3. The monoisotopic (exact) mass is 427 g/mol. The lowest BCUT2D eigenvalue weighted by atomic mass is 9.89. The lowest BCUT2D eigenvalue weighted by molar-refractivity contribution is -0.137. The highest BCUT2D eigenvalue weighted by molar-refractivity contribution is 7.99. The van der Waals surface area contributed by atoms with Crippen molar-refractivity contribution in [1.29, 1.82) is 0 Å². The number of alkyl halides is 3. The molecule has 0 radical (unpaired) electrons. The first kappa shape index (κ1) is 21.4. The molecule has 0 N–H and O–H groups in total. The van der Waals surface area contributed by atoms with E-state index in [1.54, 1.807) is 4.90 Å². The number of hydrogen-bond acceptors (Lipinski definition) is 6. The molecule has 0 aliphatic carbocycles. The Morgan fingerprint density at radius 1 is 1.24 bits per heavy atom. The van der Waals surface area contributed by atoms with Crippen molar-refractivity contribution in [1.82, 2.24) is 15.1 Å². The summed E-state index contributed by atoms with van der Waals surface area (Å²) in [6, 6.07) is 4.21. The van der Waals surface area contributed by atoms with Gasteiger partial charge in [-0.25, -0.2) is 0 Å². The Morgan fingerprint density at radius 2 is 1.97 bits per heavy atom. The van der Waals surface area contributed by atoms with Crippen molar-refractivity contribution in [2.45, 2.75) is 37.6 Å². The van der Waals surface area contributed by atoms with E-state index in [9.17, 15) is 22.8 Å². The Morgan fingerprint density at radius 3 is 2.59 bits per heavy atom. The molecule has 10 heteroatoms. The smallest absolute Gasteiger partial charge is 0.416 e. The van der Waals surface area contributed by atoms with E-state index in [4.69, 9.17) is 4.42 Å². The molecule has 2 heterocycles. The van der Waals surface area contributed by atoms with E-state index in [-0.39, 0.29) is 29.6 Å². The lowest BCUT2D eigenvalue weighted by Crippen LogP contribution is -2.43. The molecule has 1 fully saturated rings. The third kappa shape index (κ3) is 5.37. The molecule has 6 nitrogen and oxygen atoms in total. The Kier molecular flexibility index (Phi) is 6.61. The second kappa shape index (κ2) is 8.98. The lowest BCUT2D eigenvalue weighted by Gasteiger charge is -2.32. The molecule has 1 unspecified atom stereocenters. The van der Waals surface area contributed by atoms with Crippen molar-refractivity contribution in [3.8, 4) is 0 Å². The number of piperidine rings is 1. The van der Waals surface area contributed by atoms with Crippen LogP contribution >= 0.6 is 11.8 Å². The zero-order chi connectivity index (χ0) is 21.0. The molecule has 1 aromatic carbocycles. The van der Waals surface area contributed by atoms with Gasteiger partial charge in [-0.2, -0.15) is 13.2 Å². The number of amides is 1. The normalized spacial score (nSPS) is 17.4. The highest BCUT2D eigenvalue weighted by Gasteiger charge is 2.32. The van der Waals surface area contributed by atoms with Gasteiger partial charge in [-0.1, -0.05) is 30.8 Å². The van der Waals surface area contributed by atoms with Gasteiger partial charge in [0.2, 0.25) is 11.8 Å². The fourth-order valence-corrected chi connectivity index (χ4v) is 3.81. The van der Waals surface area contributed by atoms with E-state index in [2.05, 4.69) is 10.2 Å². The van der Waals surface area contributed by atoms with E-state index in [0.717, 1.165) is 23.9 Å². The van der Waals surface area contributed by atoms with E-state index < -0.39 is 17.7 Å². The molecule has 0 bridgehead atoms. The predicted molar refractivity (Wildman–Crippen MR) is 99.5 cm³/mol. The minimum atomic E-state index is -4.44. The average molecular weight is 427 g/mol. The first-order chi connectivity index (χ1) is 13.8. The van der Waals surface area contributed by atoms with Crippen molar-refractivity contribution >= 4 is 23.5 Å². The quantitative estimate of drug-likeness (QED) is 0.515. The molecule has 1 aliphatic heterocycles. The first-order valence-corrected chi connectivity index (χ1v) is 10.2. The van der Waals surface area contributed by atoms with Crippen LogP contribution in [0.2, 0.25) is 0 Å². The SMILES string of the molecule is CCc1nnc(SCC(=O)N2CCCC(C(=O)c3ccc(C(F)(F)F)cc3)C2)o1. The summed E-state index contributed by atoms with van der Waals surface area (Å²) in [6.07, 6.45) is -2.57. The van der Waals surface area contributed by atoms with Gasteiger partial charge in [-0.05, 0) is 25.0 Å². The highest BCUT2D eigenvalue weighted by Crippen LogP contribution is 2.30. The second-order valence-electron chi connectivity index (χ2n) is 6.72. The van der Waals surface area contributed by atoms with E-state index in [1.807, 2.05) is 6.92 Å². The summed E-state index contributed by atoms with van der Waals surface area (Å²) in [5.41, 5.74) is -0.566. The molecule has 1 atom stereocenters. The van der Waals surface area contributed by atoms with E-state index in [0.29, 0.717) is 36.9 Å². The number of carbonyl (C=O) groups is 2. The molecule has 2 aromatic rings. The van der Waals surface area contributed by atoms with Crippen molar-refractivity contribution in [3.05, 3.63) is 41.3 Å². The summed E-state index contributed by atoms with van der Waals surface area (Å²) in [5, 5.41) is 8.01. The molecular formula is C19H20F3N3O3S. The number of carbonyl (C=O) groups excluding carboxylic acids is 2. The van der Waals surface area contributed by atoms with Gasteiger partial charge in [0, 0.05) is 31.0 Å². The summed E-state index contributed by atoms with van der Waals surface area (Å²) in [5.74, 6) is -0.193. The van der Waals surface area contributed by atoms with Crippen LogP contribution in [0.4, 0.5) is 13.2 Å². The van der Waals surface area contributed by atoms with Crippen LogP contribution in [-0.2, 0) is 17.4 Å². The van der Waals surface area contributed by atoms with Crippen LogP contribution in [0.25, 0.3) is 0 Å². The molecule has 1 saturated heterocycles. The van der Waals surface area contributed by atoms with Crippen LogP contribution in [0.15, 0.2) is 33.9 Å². The number of benzene rings is 1. The van der Waals surface area contributed by atoms with Gasteiger partial charge in [0.15, 0.2) is 5.78 Å². The number of thioether (sulfide) groups is 1. The van der Waals surface area contributed by atoms with Crippen molar-refractivity contribution in [2.24, 2.45) is 5.92 Å². The molecule has 1 amide bonds. The number of hydrogen-bond donors (Lipinski definition) is 0. The van der Waals surface area contributed by atoms with Gasteiger partial charge in [0.1, 0.15) is 0 Å². The highest BCUT2D eigenvalue weighted by atomic mass is 32.2. The van der Waals surface area contributed by atoms with Gasteiger partial charge >= 0.3 is 6.18 Å². The fourth-order valence-electron chi connectivity index (χ4n) is 3.13. The van der Waals surface area contributed by atoms with Gasteiger partial charge in [0.05, 0.1) is 11.3 Å². The summed E-state index contributed by atoms with van der Waals surface area (Å²) >= 11 is 1.15. The maximum atomic E-state index is 12.7. The van der Waals surface area contributed by atoms with Gasteiger partial charge in [-0.3, -0.25) is 9.59 Å². The molecular weight excluding hydrogens is 407 g/mol. The molecule has 29 heavy (non-hydrogen) atoms. The van der Waals surface area contributed by atoms with Gasteiger partial charge < -0.3 is 9.32 Å². The Labute approximate surface area is 169 Å². The molecule has 0 saturated carbocycles. The minimum absolute atomic E-state index is 0.118. The van der Waals surface area contributed by atoms with Crippen LogP contribution in [0.3, 0.4) is 0 Å². The van der Waals surface area contributed by atoms with Crippen LogP contribution < -0.4 is 0 Å². The number of rotatable bonds is 6. The third-order valence-corrected chi connectivity index (χ3v) is 5.51. The molecule has 3 rings (SSSR count). The van der Waals surface area contributed by atoms with Crippen LogP contribution in [0.1, 0.15) is 41.6 Å². The number of likely N-dealkylation sites (tertiary alicyclic amines) is 1. The maximum absolute atomic E-state index is 12.7. The van der Waals surface area contributed by atoms with Crippen LogP contribution in [0, 0.1) is 5.92 Å². The number of aromatic nitrogens is 2. The topological polar surface area (TPSA) is 76.3 Å². The Balaban J connectivity index is 1.57. The van der Waals surface area contributed by atoms with Crippen molar-refractivity contribution in [2.75, 3.05) is 18.8 Å². The largest absolute Gasteiger partial charge is 0.416 e.